The maximum absolute atomic E-state index is 12.4. The summed E-state index contributed by atoms with van der Waals surface area (Å²) in [6.07, 6.45) is 7.63. The fourth-order valence-corrected chi connectivity index (χ4v) is 4.64. The summed E-state index contributed by atoms with van der Waals surface area (Å²) in [6, 6.07) is 5.96. The van der Waals surface area contributed by atoms with E-state index < -0.39 is 0 Å². The van der Waals surface area contributed by atoms with Crippen molar-refractivity contribution in [3.05, 3.63) is 36.8 Å². The third-order valence-corrected chi connectivity index (χ3v) is 6.63. The number of hydrogen-bond donors (Lipinski definition) is 2. The molecular formula is C24H29B3N8O2. The molecule has 1 aliphatic carbocycles. The SMILES string of the molecule is BC(B)(B)Nc1ncc(-c2nc3ccc(N4CCO[C@H](C)C4)cn3n2)c2cc(NC(=O)C3CC3)ncc12. The standard InChI is InChI=1S/C24H29B3N8O2/c1-13-11-34(6-7-37-13)15-4-5-20-31-22(33-35(20)12-15)18-10-29-21(32-24(25,26)27)17-9-28-19(8-16(17)18)30-23(36)14-2-3-14/h4-5,8-10,12-14H,2-3,6-7,11,25-27H2,1H3,(H,29,32)(H,28,30,36)/t13-/m1/s1. The lowest BCUT2D eigenvalue weighted by atomic mass is 9.49. The second-order valence-corrected chi connectivity index (χ2v) is 11.0. The van der Waals surface area contributed by atoms with Gasteiger partial charge in [0.2, 0.25) is 5.91 Å². The zero-order valence-corrected chi connectivity index (χ0v) is 21.7. The van der Waals surface area contributed by atoms with Crippen LogP contribution in [0.5, 0.6) is 0 Å². The number of fused-ring (bicyclic) bond motifs is 2. The molecule has 0 spiro atoms. The first-order valence-electron chi connectivity index (χ1n) is 12.8. The second-order valence-electron chi connectivity index (χ2n) is 11.0. The monoisotopic (exact) mass is 494 g/mol. The summed E-state index contributed by atoms with van der Waals surface area (Å²) in [4.78, 5) is 28.8. The molecule has 10 nitrogen and oxygen atoms in total. The van der Waals surface area contributed by atoms with Gasteiger partial charge in [0.15, 0.2) is 11.5 Å². The molecule has 0 aromatic carbocycles. The van der Waals surface area contributed by atoms with Gasteiger partial charge in [-0.3, -0.25) is 4.79 Å². The smallest absolute Gasteiger partial charge is 0.228 e. The van der Waals surface area contributed by atoms with Gasteiger partial charge in [0.1, 0.15) is 35.2 Å². The van der Waals surface area contributed by atoms with Crippen molar-refractivity contribution in [2.75, 3.05) is 35.2 Å². The molecule has 5 heterocycles. The molecule has 186 valence electrons. The van der Waals surface area contributed by atoms with Gasteiger partial charge in [0.25, 0.3) is 0 Å². The topological polar surface area (TPSA) is 110 Å². The first kappa shape index (κ1) is 23.8. The molecule has 0 unspecified atom stereocenters. The molecule has 4 aromatic rings. The van der Waals surface area contributed by atoms with E-state index in [1.54, 1.807) is 12.4 Å². The molecule has 2 fully saturated rings. The van der Waals surface area contributed by atoms with E-state index in [9.17, 15) is 4.79 Å². The van der Waals surface area contributed by atoms with Gasteiger partial charge in [-0.2, -0.15) is 0 Å². The minimum Gasteiger partial charge on any atom is -0.387 e. The lowest BCUT2D eigenvalue weighted by Crippen LogP contribution is -2.41. The Balaban J connectivity index is 1.41. The second kappa shape index (κ2) is 9.06. The van der Waals surface area contributed by atoms with Crippen LogP contribution < -0.4 is 15.5 Å². The summed E-state index contributed by atoms with van der Waals surface area (Å²) in [6.45, 7) is 4.48. The largest absolute Gasteiger partial charge is 0.387 e. The summed E-state index contributed by atoms with van der Waals surface area (Å²) < 4.78 is 7.50. The third kappa shape index (κ3) is 5.00. The Kier molecular flexibility index (Phi) is 5.82. The number of nitrogens with one attached hydrogen (secondary N) is 2. The van der Waals surface area contributed by atoms with Crippen LogP contribution in [0, 0.1) is 5.92 Å². The van der Waals surface area contributed by atoms with Crippen LogP contribution in [-0.2, 0) is 9.53 Å². The summed E-state index contributed by atoms with van der Waals surface area (Å²) in [5.74, 6) is 1.93. The number of anilines is 3. The Morgan fingerprint density at radius 1 is 1.16 bits per heavy atom. The first-order chi connectivity index (χ1) is 17.7. The number of rotatable bonds is 6. The number of aromatic nitrogens is 5. The molecule has 0 radical (unpaired) electrons. The number of carbonyl (C=O) groups is 1. The summed E-state index contributed by atoms with van der Waals surface area (Å²) in [7, 11) is 6.26. The van der Waals surface area contributed by atoms with Crippen LogP contribution in [0.3, 0.4) is 0 Å². The van der Waals surface area contributed by atoms with Gasteiger partial charge in [-0.25, -0.2) is 19.5 Å². The highest BCUT2D eigenvalue weighted by Crippen LogP contribution is 2.34. The molecule has 1 aliphatic heterocycles. The van der Waals surface area contributed by atoms with Gasteiger partial charge >= 0.3 is 0 Å². The maximum atomic E-state index is 12.4. The highest BCUT2D eigenvalue weighted by atomic mass is 16.5. The summed E-state index contributed by atoms with van der Waals surface area (Å²) in [5.41, 5.74) is 2.62. The molecular weight excluding hydrogens is 465 g/mol. The van der Waals surface area contributed by atoms with Crippen molar-refractivity contribution in [1.82, 2.24) is 24.6 Å². The van der Waals surface area contributed by atoms with E-state index in [2.05, 4.69) is 57.0 Å². The van der Waals surface area contributed by atoms with Crippen LogP contribution in [-0.4, -0.2) is 85.0 Å². The highest BCUT2D eigenvalue weighted by Gasteiger charge is 2.30. The zero-order valence-electron chi connectivity index (χ0n) is 21.7. The Bertz CT molecular complexity index is 1500. The van der Waals surface area contributed by atoms with Gasteiger partial charge in [-0.05, 0) is 43.2 Å². The Morgan fingerprint density at radius 2 is 2.00 bits per heavy atom. The van der Waals surface area contributed by atoms with Gasteiger partial charge in [0.05, 0.1) is 24.6 Å². The van der Waals surface area contributed by atoms with Crippen molar-refractivity contribution in [2.45, 2.75) is 31.1 Å². The molecule has 1 amide bonds. The van der Waals surface area contributed by atoms with E-state index in [-0.39, 0.29) is 23.2 Å². The maximum Gasteiger partial charge on any atom is 0.228 e. The lowest BCUT2D eigenvalue weighted by molar-refractivity contribution is -0.117. The summed E-state index contributed by atoms with van der Waals surface area (Å²) in [5, 5.41) is 12.8. The molecule has 2 N–H and O–H groups in total. The molecule has 2 aliphatic rings. The number of nitrogens with zero attached hydrogens (tertiary/aromatic N) is 6. The van der Waals surface area contributed by atoms with Crippen molar-refractivity contribution in [3.8, 4) is 11.4 Å². The van der Waals surface area contributed by atoms with E-state index in [1.165, 1.54) is 0 Å². The van der Waals surface area contributed by atoms with Gasteiger partial charge < -0.3 is 20.3 Å². The van der Waals surface area contributed by atoms with Crippen LogP contribution >= 0.6 is 0 Å². The van der Waals surface area contributed by atoms with Crippen molar-refractivity contribution in [3.63, 3.8) is 0 Å². The molecule has 4 aromatic heterocycles. The number of carbonyl (C=O) groups excluding carboxylic acids is 1. The minimum absolute atomic E-state index is 0.0197. The molecule has 37 heavy (non-hydrogen) atoms. The van der Waals surface area contributed by atoms with Gasteiger partial charge in [0, 0.05) is 47.7 Å². The predicted octanol–water partition coefficient (Wildman–Crippen LogP) is -0.164. The van der Waals surface area contributed by atoms with E-state index >= 15 is 0 Å². The molecule has 0 bridgehead atoms. The van der Waals surface area contributed by atoms with Gasteiger partial charge in [-0.15, -0.1) is 5.10 Å². The highest BCUT2D eigenvalue weighted by molar-refractivity contribution is 6.60. The first-order valence-corrected chi connectivity index (χ1v) is 12.8. The number of pyridine rings is 3. The quantitative estimate of drug-likeness (QED) is 0.356. The normalized spacial score (nSPS) is 18.3. The number of ether oxygens (including phenoxy) is 1. The van der Waals surface area contributed by atoms with E-state index in [0.717, 1.165) is 59.4 Å². The number of morpholine rings is 1. The number of amides is 1. The van der Waals surface area contributed by atoms with Crippen molar-refractivity contribution >= 4 is 63.2 Å². The van der Waals surface area contributed by atoms with Crippen LogP contribution in [0.4, 0.5) is 17.3 Å². The molecule has 13 heteroatoms. The van der Waals surface area contributed by atoms with Crippen LogP contribution in [0.1, 0.15) is 19.8 Å². The fraction of sp³-hybridized carbons (Fsp3) is 0.375. The Hall–Kier alpha value is -3.60. The third-order valence-electron chi connectivity index (χ3n) is 6.63. The van der Waals surface area contributed by atoms with Crippen LogP contribution in [0.15, 0.2) is 36.8 Å². The van der Waals surface area contributed by atoms with E-state index in [1.807, 2.05) is 22.8 Å². The van der Waals surface area contributed by atoms with E-state index in [0.29, 0.717) is 18.2 Å². The van der Waals surface area contributed by atoms with Crippen molar-refractivity contribution < 1.29 is 9.53 Å². The minimum atomic E-state index is -0.185. The average molecular weight is 494 g/mol. The molecule has 1 saturated carbocycles. The lowest BCUT2D eigenvalue weighted by Gasteiger charge is -2.32. The van der Waals surface area contributed by atoms with E-state index in [4.69, 9.17) is 19.8 Å². The average Bonchev–Trinajstić information content (AvgIpc) is 3.62. The number of hydrogen-bond acceptors (Lipinski definition) is 8. The van der Waals surface area contributed by atoms with Crippen molar-refractivity contribution in [1.29, 1.82) is 0 Å². The molecule has 1 saturated heterocycles. The predicted molar refractivity (Wildman–Crippen MR) is 152 cm³/mol. The van der Waals surface area contributed by atoms with Crippen LogP contribution in [0.2, 0.25) is 0 Å². The van der Waals surface area contributed by atoms with Crippen LogP contribution in [0.25, 0.3) is 27.8 Å². The Morgan fingerprint density at radius 3 is 2.76 bits per heavy atom. The molecule has 1 atom stereocenters. The van der Waals surface area contributed by atoms with Crippen molar-refractivity contribution in [2.24, 2.45) is 5.92 Å². The fourth-order valence-electron chi connectivity index (χ4n) is 4.64. The Labute approximate surface area is 217 Å². The zero-order chi connectivity index (χ0) is 25.7. The molecule has 6 rings (SSSR count). The summed E-state index contributed by atoms with van der Waals surface area (Å²) >= 11 is 0. The van der Waals surface area contributed by atoms with Gasteiger partial charge in [-0.1, -0.05) is 0 Å².